The molecule has 0 radical (unpaired) electrons. The highest BCUT2D eigenvalue weighted by molar-refractivity contribution is 5.67. The summed E-state index contributed by atoms with van der Waals surface area (Å²) in [4.78, 5) is 10.6. The number of aryl methyl sites for hydroxylation is 3. The van der Waals surface area contributed by atoms with Crippen LogP contribution in [-0.4, -0.2) is 25.8 Å². The van der Waals surface area contributed by atoms with Crippen LogP contribution >= 0.6 is 0 Å². The fraction of sp³-hybridized carbons (Fsp3) is 0.308. The van der Waals surface area contributed by atoms with Gasteiger partial charge in [-0.1, -0.05) is 12.1 Å². The molecule has 5 nitrogen and oxygen atoms in total. The second-order valence-corrected chi connectivity index (χ2v) is 4.26. The zero-order valence-corrected chi connectivity index (χ0v) is 10.4. The van der Waals surface area contributed by atoms with Gasteiger partial charge in [-0.15, -0.1) is 10.2 Å². The lowest BCUT2D eigenvalue weighted by Gasteiger charge is -2.10. The van der Waals surface area contributed by atoms with Crippen LogP contribution in [0.2, 0.25) is 0 Å². The molecule has 94 valence electrons. The molecule has 2 aromatic rings. The van der Waals surface area contributed by atoms with E-state index in [9.17, 15) is 4.79 Å². The van der Waals surface area contributed by atoms with E-state index in [2.05, 4.69) is 10.2 Å². The van der Waals surface area contributed by atoms with E-state index in [4.69, 9.17) is 5.11 Å². The molecule has 0 saturated carbocycles. The topological polar surface area (TPSA) is 68.0 Å². The highest BCUT2D eigenvalue weighted by Crippen LogP contribution is 2.18. The summed E-state index contributed by atoms with van der Waals surface area (Å²) in [6.07, 6.45) is 2.34. The zero-order chi connectivity index (χ0) is 13.1. The van der Waals surface area contributed by atoms with E-state index >= 15 is 0 Å². The maximum absolute atomic E-state index is 10.6. The zero-order valence-electron chi connectivity index (χ0n) is 10.4. The number of carboxylic acid groups (broad SMARTS) is 1. The van der Waals surface area contributed by atoms with Crippen LogP contribution in [0, 0.1) is 13.8 Å². The van der Waals surface area contributed by atoms with Gasteiger partial charge in [-0.2, -0.15) is 0 Å². The van der Waals surface area contributed by atoms with Crippen molar-refractivity contribution in [2.75, 3.05) is 0 Å². The first-order valence-corrected chi connectivity index (χ1v) is 5.76. The summed E-state index contributed by atoms with van der Waals surface area (Å²) < 4.78 is 1.90. The Morgan fingerprint density at radius 3 is 2.78 bits per heavy atom. The standard InChI is InChI=1S/C13H15N3O2/c1-9-3-4-11(5-6-13(17)18)7-12(9)16-8-14-15-10(16)2/h3-4,7-8H,5-6H2,1-2H3,(H,17,18). The monoisotopic (exact) mass is 245 g/mol. The summed E-state index contributed by atoms with van der Waals surface area (Å²) in [7, 11) is 0. The Bertz CT molecular complexity index is 575. The molecule has 0 saturated heterocycles. The van der Waals surface area contributed by atoms with Crippen LogP contribution in [-0.2, 0) is 11.2 Å². The molecule has 0 spiro atoms. The number of rotatable bonds is 4. The predicted molar refractivity (Wildman–Crippen MR) is 66.8 cm³/mol. The largest absolute Gasteiger partial charge is 0.481 e. The Morgan fingerprint density at radius 1 is 1.39 bits per heavy atom. The van der Waals surface area contributed by atoms with Crippen molar-refractivity contribution >= 4 is 5.97 Å². The molecule has 0 aliphatic rings. The van der Waals surface area contributed by atoms with E-state index < -0.39 is 5.97 Å². The molecule has 1 aromatic carbocycles. The van der Waals surface area contributed by atoms with Gasteiger partial charge in [-0.05, 0) is 37.5 Å². The van der Waals surface area contributed by atoms with Crippen molar-refractivity contribution in [3.8, 4) is 5.69 Å². The molecule has 2 rings (SSSR count). The summed E-state index contributed by atoms with van der Waals surface area (Å²) in [6, 6.07) is 5.95. The smallest absolute Gasteiger partial charge is 0.303 e. The number of hydrogen-bond donors (Lipinski definition) is 1. The van der Waals surface area contributed by atoms with Crippen LogP contribution in [0.5, 0.6) is 0 Å². The molecule has 0 bridgehead atoms. The third-order valence-electron chi connectivity index (χ3n) is 2.88. The lowest BCUT2D eigenvalue weighted by molar-refractivity contribution is -0.136. The van der Waals surface area contributed by atoms with E-state index in [1.54, 1.807) is 6.33 Å². The molecule has 1 aromatic heterocycles. The van der Waals surface area contributed by atoms with Crippen LogP contribution in [0.1, 0.15) is 23.4 Å². The van der Waals surface area contributed by atoms with Gasteiger partial charge in [0.25, 0.3) is 0 Å². The fourth-order valence-corrected chi connectivity index (χ4v) is 1.85. The van der Waals surface area contributed by atoms with Crippen LogP contribution in [0.25, 0.3) is 5.69 Å². The van der Waals surface area contributed by atoms with Crippen LogP contribution in [0.3, 0.4) is 0 Å². The summed E-state index contributed by atoms with van der Waals surface area (Å²) in [6.45, 7) is 3.89. The summed E-state index contributed by atoms with van der Waals surface area (Å²) >= 11 is 0. The number of carbonyl (C=O) groups is 1. The van der Waals surface area contributed by atoms with Crippen molar-refractivity contribution in [1.82, 2.24) is 14.8 Å². The first-order valence-electron chi connectivity index (χ1n) is 5.76. The number of carboxylic acids is 1. The number of aromatic nitrogens is 3. The van der Waals surface area contributed by atoms with Gasteiger partial charge < -0.3 is 5.11 Å². The Kier molecular flexibility index (Phi) is 3.41. The molecule has 5 heteroatoms. The summed E-state index contributed by atoms with van der Waals surface area (Å²) in [5.74, 6) is 0.0334. The maximum Gasteiger partial charge on any atom is 0.303 e. The van der Waals surface area contributed by atoms with Gasteiger partial charge in [0.15, 0.2) is 0 Å². The Morgan fingerprint density at radius 2 is 2.17 bits per heavy atom. The minimum Gasteiger partial charge on any atom is -0.481 e. The van der Waals surface area contributed by atoms with Crippen molar-refractivity contribution in [3.05, 3.63) is 41.5 Å². The van der Waals surface area contributed by atoms with E-state index in [-0.39, 0.29) is 6.42 Å². The van der Waals surface area contributed by atoms with E-state index in [0.717, 1.165) is 22.6 Å². The van der Waals surface area contributed by atoms with E-state index in [1.807, 2.05) is 36.6 Å². The lowest BCUT2D eigenvalue weighted by atomic mass is 10.1. The van der Waals surface area contributed by atoms with E-state index in [0.29, 0.717) is 6.42 Å². The van der Waals surface area contributed by atoms with Gasteiger partial charge in [0.2, 0.25) is 0 Å². The molecule has 0 amide bonds. The Labute approximate surface area is 105 Å². The number of hydrogen-bond acceptors (Lipinski definition) is 3. The molecule has 0 fully saturated rings. The van der Waals surface area contributed by atoms with Gasteiger partial charge >= 0.3 is 5.97 Å². The fourth-order valence-electron chi connectivity index (χ4n) is 1.85. The van der Waals surface area contributed by atoms with Gasteiger partial charge in [-0.25, -0.2) is 0 Å². The van der Waals surface area contributed by atoms with Gasteiger partial charge in [0, 0.05) is 6.42 Å². The number of aliphatic carboxylic acids is 1. The van der Waals surface area contributed by atoms with Crippen molar-refractivity contribution in [1.29, 1.82) is 0 Å². The Balaban J connectivity index is 2.33. The second kappa shape index (κ2) is 5.00. The molecule has 1 heterocycles. The highest BCUT2D eigenvalue weighted by Gasteiger charge is 2.07. The lowest BCUT2D eigenvalue weighted by Crippen LogP contribution is -2.02. The third kappa shape index (κ3) is 2.56. The third-order valence-corrected chi connectivity index (χ3v) is 2.88. The SMILES string of the molecule is Cc1ccc(CCC(=O)O)cc1-n1cnnc1C. The normalized spacial score (nSPS) is 10.6. The summed E-state index contributed by atoms with van der Waals surface area (Å²) in [5, 5.41) is 16.5. The van der Waals surface area contributed by atoms with Crippen molar-refractivity contribution in [3.63, 3.8) is 0 Å². The van der Waals surface area contributed by atoms with Crippen LogP contribution in [0.4, 0.5) is 0 Å². The number of benzene rings is 1. The quantitative estimate of drug-likeness (QED) is 0.893. The van der Waals surface area contributed by atoms with Crippen LogP contribution in [0.15, 0.2) is 24.5 Å². The average molecular weight is 245 g/mol. The molecule has 0 aliphatic carbocycles. The summed E-state index contributed by atoms with van der Waals surface area (Å²) in [5.41, 5.74) is 3.11. The second-order valence-electron chi connectivity index (χ2n) is 4.26. The molecule has 1 N–H and O–H groups in total. The van der Waals surface area contributed by atoms with Gasteiger partial charge in [-0.3, -0.25) is 9.36 Å². The van der Waals surface area contributed by atoms with Gasteiger partial charge in [0.1, 0.15) is 12.2 Å². The minimum absolute atomic E-state index is 0.143. The first kappa shape index (κ1) is 12.3. The van der Waals surface area contributed by atoms with Crippen molar-refractivity contribution in [2.45, 2.75) is 26.7 Å². The molecule has 0 aliphatic heterocycles. The maximum atomic E-state index is 10.6. The average Bonchev–Trinajstić information content (AvgIpc) is 2.74. The molecule has 18 heavy (non-hydrogen) atoms. The molecule has 0 atom stereocenters. The van der Waals surface area contributed by atoms with Crippen molar-refractivity contribution < 1.29 is 9.90 Å². The molecule has 0 unspecified atom stereocenters. The Hall–Kier alpha value is -2.17. The van der Waals surface area contributed by atoms with Crippen molar-refractivity contribution in [2.24, 2.45) is 0 Å². The number of nitrogens with zero attached hydrogens (tertiary/aromatic N) is 3. The minimum atomic E-state index is -0.780. The predicted octanol–water partition coefficient (Wildman–Crippen LogP) is 1.90. The van der Waals surface area contributed by atoms with Gasteiger partial charge in [0.05, 0.1) is 5.69 Å². The van der Waals surface area contributed by atoms with Crippen LogP contribution < -0.4 is 0 Å². The molecular formula is C13H15N3O2. The highest BCUT2D eigenvalue weighted by atomic mass is 16.4. The van der Waals surface area contributed by atoms with E-state index in [1.165, 1.54) is 0 Å². The molecular weight excluding hydrogens is 230 g/mol. The first-order chi connectivity index (χ1) is 8.58.